The van der Waals surface area contributed by atoms with E-state index in [9.17, 15) is 9.32 Å². The maximum atomic E-state index is 11.6. The molecule has 1 atom stereocenters. The van der Waals surface area contributed by atoms with Crippen LogP contribution in [0.5, 0.6) is 5.75 Å². The van der Waals surface area contributed by atoms with Gasteiger partial charge in [0.15, 0.2) is 0 Å². The molecule has 0 spiro atoms. The monoisotopic (exact) mass is 345 g/mol. The lowest BCUT2D eigenvalue weighted by atomic mass is 9.95. The molecule has 0 saturated heterocycles. The third-order valence-electron chi connectivity index (χ3n) is 4.23. The molecule has 4 heteroatoms. The van der Waals surface area contributed by atoms with Gasteiger partial charge >= 0.3 is 0 Å². The smallest absolute Gasteiger partial charge is 0.131 e. The van der Waals surface area contributed by atoms with E-state index in [4.69, 9.17) is 0 Å². The molecule has 0 aliphatic heterocycles. The van der Waals surface area contributed by atoms with Gasteiger partial charge in [-0.3, -0.25) is 4.21 Å². The molecule has 2 aromatic rings. The van der Waals surface area contributed by atoms with Crippen LogP contribution in [0.3, 0.4) is 0 Å². The van der Waals surface area contributed by atoms with Gasteiger partial charge in [0.2, 0.25) is 0 Å². The van der Waals surface area contributed by atoms with E-state index in [-0.39, 0.29) is 11.3 Å². The van der Waals surface area contributed by atoms with Crippen LogP contribution in [0.15, 0.2) is 53.4 Å². The Labute approximate surface area is 147 Å². The highest BCUT2D eigenvalue weighted by atomic mass is 32.2. The minimum atomic E-state index is -1.17. The van der Waals surface area contributed by atoms with Crippen molar-refractivity contribution in [3.63, 3.8) is 0 Å². The van der Waals surface area contributed by atoms with Gasteiger partial charge in [0.05, 0.1) is 15.7 Å². The van der Waals surface area contributed by atoms with Crippen LogP contribution in [0.2, 0.25) is 0 Å². The van der Waals surface area contributed by atoms with Gasteiger partial charge < -0.3 is 10.4 Å². The molecule has 130 valence electrons. The van der Waals surface area contributed by atoms with E-state index >= 15 is 0 Å². The Hall–Kier alpha value is -1.65. The van der Waals surface area contributed by atoms with Crippen molar-refractivity contribution in [3.8, 4) is 5.75 Å². The summed E-state index contributed by atoms with van der Waals surface area (Å²) in [5.74, 6) is 0.107. The summed E-state index contributed by atoms with van der Waals surface area (Å²) in [5.41, 5.74) is 2.51. The summed E-state index contributed by atoms with van der Waals surface area (Å²) < 4.78 is 11.6. The fourth-order valence-corrected chi connectivity index (χ4v) is 3.36. The largest absolute Gasteiger partial charge is 0.507 e. The number of hydrogen-bond donors (Lipinski definition) is 2. The van der Waals surface area contributed by atoms with Crippen molar-refractivity contribution < 1.29 is 9.32 Å². The molecule has 0 saturated carbocycles. The molecule has 3 nitrogen and oxygen atoms in total. The summed E-state index contributed by atoms with van der Waals surface area (Å²) in [4.78, 5) is 0.510. The average Bonchev–Trinajstić information content (AvgIpc) is 2.55. The normalized spacial score (nSPS) is 13.0. The summed E-state index contributed by atoms with van der Waals surface area (Å²) in [6.45, 7) is 5.29. The van der Waals surface area contributed by atoms with Crippen LogP contribution >= 0.6 is 0 Å². The fourth-order valence-electron chi connectivity index (χ4n) is 2.68. The van der Waals surface area contributed by atoms with Crippen molar-refractivity contribution in [1.82, 2.24) is 5.32 Å². The molecular weight excluding hydrogens is 318 g/mol. The maximum Gasteiger partial charge on any atom is 0.131 e. The molecule has 0 bridgehead atoms. The predicted octanol–water partition coefficient (Wildman–Crippen LogP) is 3.67. The van der Waals surface area contributed by atoms with Crippen molar-refractivity contribution in [3.05, 3.63) is 59.7 Å². The summed E-state index contributed by atoms with van der Waals surface area (Å²) >= 11 is 0. The van der Waals surface area contributed by atoms with Gasteiger partial charge in [-0.2, -0.15) is 0 Å². The molecular formula is C20H27NO2S. The second-order valence-electron chi connectivity index (χ2n) is 6.80. The summed E-state index contributed by atoms with van der Waals surface area (Å²) in [6, 6.07) is 15.9. The molecule has 0 heterocycles. The van der Waals surface area contributed by atoms with Crippen LogP contribution in [-0.4, -0.2) is 27.7 Å². The zero-order valence-electron chi connectivity index (χ0n) is 14.7. The Morgan fingerprint density at radius 1 is 1.04 bits per heavy atom. The van der Waals surface area contributed by atoms with Crippen LogP contribution in [0.4, 0.5) is 0 Å². The molecule has 0 aliphatic carbocycles. The first-order chi connectivity index (χ1) is 11.4. The predicted molar refractivity (Wildman–Crippen MR) is 101 cm³/mol. The number of benzene rings is 2. The van der Waals surface area contributed by atoms with Gasteiger partial charge in [-0.15, -0.1) is 0 Å². The molecule has 2 N–H and O–H groups in total. The number of phenols is 1. The zero-order valence-corrected chi connectivity index (χ0v) is 15.5. The second kappa shape index (κ2) is 8.45. The number of nitrogens with one attached hydrogen (secondary N) is 1. The zero-order chi connectivity index (χ0) is 17.6. The fraction of sp³-hybridized carbons (Fsp3) is 0.400. The second-order valence-corrected chi connectivity index (χ2v) is 8.15. The van der Waals surface area contributed by atoms with E-state index in [0.29, 0.717) is 4.90 Å². The van der Waals surface area contributed by atoms with Gasteiger partial charge in [0, 0.05) is 11.8 Å². The lowest BCUT2D eigenvalue weighted by Gasteiger charge is -2.26. The standard InChI is InChI=1S/C20H27NO2S/c1-20(2,13-11-16-7-5-4-6-8-16)21-14-12-17-9-10-18(22)19(15-17)24(3)23/h4-10,15,21-22H,11-14H2,1-3H3. The first-order valence-corrected chi connectivity index (χ1v) is 9.87. The van der Waals surface area contributed by atoms with E-state index in [1.165, 1.54) is 5.56 Å². The Balaban J connectivity index is 1.84. The topological polar surface area (TPSA) is 49.3 Å². The molecule has 0 aromatic heterocycles. The lowest BCUT2D eigenvalue weighted by Crippen LogP contribution is -2.40. The van der Waals surface area contributed by atoms with Crippen LogP contribution < -0.4 is 5.32 Å². The average molecular weight is 346 g/mol. The third-order valence-corrected chi connectivity index (χ3v) is 5.18. The first-order valence-electron chi connectivity index (χ1n) is 8.32. The highest BCUT2D eigenvalue weighted by Gasteiger charge is 2.16. The molecule has 0 fully saturated rings. The minimum absolute atomic E-state index is 0.0587. The van der Waals surface area contributed by atoms with E-state index in [0.717, 1.165) is 31.4 Å². The summed E-state index contributed by atoms with van der Waals surface area (Å²) in [7, 11) is -1.17. The number of rotatable bonds is 8. The molecule has 2 rings (SSSR count). The van der Waals surface area contributed by atoms with E-state index in [1.807, 2.05) is 18.2 Å². The minimum Gasteiger partial charge on any atom is -0.507 e. The first kappa shape index (κ1) is 18.7. The van der Waals surface area contributed by atoms with Crippen LogP contribution in [0.25, 0.3) is 0 Å². The van der Waals surface area contributed by atoms with Gasteiger partial charge in [-0.05, 0) is 62.9 Å². The van der Waals surface area contributed by atoms with Crippen molar-refractivity contribution in [1.29, 1.82) is 0 Å². The van der Waals surface area contributed by atoms with Crippen molar-refractivity contribution in [2.75, 3.05) is 12.8 Å². The number of phenolic OH excluding ortho intramolecular Hbond substituents is 1. The van der Waals surface area contributed by atoms with Crippen molar-refractivity contribution in [2.24, 2.45) is 0 Å². The Morgan fingerprint density at radius 2 is 1.75 bits per heavy atom. The molecule has 2 aromatic carbocycles. The van der Waals surface area contributed by atoms with Gasteiger partial charge in [-0.1, -0.05) is 36.4 Å². The number of aromatic hydroxyl groups is 1. The molecule has 0 amide bonds. The highest BCUT2D eigenvalue weighted by Crippen LogP contribution is 2.22. The SMILES string of the molecule is CS(=O)c1cc(CCNC(C)(C)CCc2ccccc2)ccc1O. The van der Waals surface area contributed by atoms with Gasteiger partial charge in [-0.25, -0.2) is 0 Å². The van der Waals surface area contributed by atoms with Crippen molar-refractivity contribution >= 4 is 10.8 Å². The molecule has 1 unspecified atom stereocenters. The Morgan fingerprint density at radius 3 is 2.42 bits per heavy atom. The number of aryl methyl sites for hydroxylation is 1. The summed E-state index contributed by atoms with van der Waals surface area (Å²) in [5, 5.41) is 13.3. The Kier molecular flexibility index (Phi) is 6.58. The molecule has 0 aliphatic rings. The van der Waals surface area contributed by atoms with Gasteiger partial charge in [0.1, 0.15) is 5.75 Å². The maximum absolute atomic E-state index is 11.6. The molecule has 24 heavy (non-hydrogen) atoms. The van der Waals surface area contributed by atoms with Crippen molar-refractivity contribution in [2.45, 2.75) is 43.5 Å². The number of hydrogen-bond acceptors (Lipinski definition) is 3. The Bertz CT molecular complexity index is 683. The van der Waals surface area contributed by atoms with Crippen LogP contribution in [-0.2, 0) is 23.6 Å². The summed E-state index contributed by atoms with van der Waals surface area (Å²) in [6.07, 6.45) is 4.55. The van der Waals surface area contributed by atoms with E-state index in [2.05, 4.69) is 43.4 Å². The quantitative estimate of drug-likeness (QED) is 0.767. The van der Waals surface area contributed by atoms with Crippen LogP contribution in [0, 0.1) is 0 Å². The lowest BCUT2D eigenvalue weighted by molar-refractivity contribution is 0.365. The molecule has 0 radical (unpaired) electrons. The van der Waals surface area contributed by atoms with E-state index < -0.39 is 10.8 Å². The van der Waals surface area contributed by atoms with E-state index in [1.54, 1.807) is 12.3 Å². The highest BCUT2D eigenvalue weighted by molar-refractivity contribution is 7.84. The third kappa shape index (κ3) is 5.77. The van der Waals surface area contributed by atoms with Crippen LogP contribution in [0.1, 0.15) is 31.4 Å². The van der Waals surface area contributed by atoms with Gasteiger partial charge in [0.25, 0.3) is 0 Å².